The number of hydrogen-bond donors (Lipinski definition) is 1. The lowest BCUT2D eigenvalue weighted by atomic mass is 10.1. The molecule has 162 valence electrons. The zero-order chi connectivity index (χ0) is 22.5. The molecular weight excluding hydrogens is 410 g/mol. The molecule has 0 saturated carbocycles. The fraction of sp³-hybridized carbons (Fsp3) is 0.350. The summed E-state index contributed by atoms with van der Waals surface area (Å²) >= 11 is 0. The molecule has 1 N–H and O–H groups in total. The summed E-state index contributed by atoms with van der Waals surface area (Å²) in [6.45, 7) is 6.85. The van der Waals surface area contributed by atoms with Gasteiger partial charge in [-0.2, -0.15) is 4.31 Å². The van der Waals surface area contributed by atoms with Gasteiger partial charge in [0.1, 0.15) is 5.75 Å². The maximum Gasteiger partial charge on any atom is 0.274 e. The minimum Gasteiger partial charge on any atom is -0.494 e. The van der Waals surface area contributed by atoms with E-state index in [1.165, 1.54) is 37.3 Å². The molecule has 0 spiro atoms. The molecule has 2 aromatic carbocycles. The van der Waals surface area contributed by atoms with Gasteiger partial charge in [0, 0.05) is 12.6 Å². The van der Waals surface area contributed by atoms with Gasteiger partial charge in [0.05, 0.1) is 34.2 Å². The lowest BCUT2D eigenvalue weighted by Crippen LogP contribution is -2.38. The summed E-state index contributed by atoms with van der Waals surface area (Å²) < 4.78 is 32.5. The molecule has 0 radical (unpaired) electrons. The first-order chi connectivity index (χ1) is 14.1. The normalized spacial score (nSPS) is 11.4. The van der Waals surface area contributed by atoms with E-state index in [-0.39, 0.29) is 22.8 Å². The highest BCUT2D eigenvalue weighted by molar-refractivity contribution is 7.89. The first-order valence-electron chi connectivity index (χ1n) is 9.39. The predicted molar refractivity (Wildman–Crippen MR) is 113 cm³/mol. The lowest BCUT2D eigenvalue weighted by Gasteiger charge is -2.21. The molecule has 0 saturated heterocycles. The molecule has 0 aliphatic carbocycles. The smallest absolute Gasteiger partial charge is 0.274 e. The second-order valence-electron chi connectivity index (χ2n) is 6.55. The van der Waals surface area contributed by atoms with Crippen molar-refractivity contribution in [3.63, 3.8) is 0 Å². The van der Waals surface area contributed by atoms with Crippen LogP contribution in [-0.4, -0.2) is 43.2 Å². The van der Waals surface area contributed by atoms with Crippen LogP contribution in [0.3, 0.4) is 0 Å². The maximum absolute atomic E-state index is 13.0. The molecule has 2 aromatic rings. The molecular formula is C20H25N3O6S. The number of benzene rings is 2. The number of nitro benzene ring substituents is 1. The van der Waals surface area contributed by atoms with Crippen LogP contribution in [0, 0.1) is 24.0 Å². The zero-order valence-corrected chi connectivity index (χ0v) is 18.2. The quantitative estimate of drug-likeness (QED) is 0.477. The molecule has 2 rings (SSSR count). The van der Waals surface area contributed by atoms with Crippen molar-refractivity contribution in [2.45, 2.75) is 32.6 Å². The van der Waals surface area contributed by atoms with E-state index in [1.54, 1.807) is 19.9 Å². The van der Waals surface area contributed by atoms with Crippen LogP contribution >= 0.6 is 0 Å². The molecule has 0 atom stereocenters. The Balaban J connectivity index is 2.22. The molecule has 0 heterocycles. The molecule has 0 unspecified atom stereocenters. The number of nitrogens with zero attached hydrogens (tertiary/aromatic N) is 2. The Labute approximate surface area is 175 Å². The number of anilines is 1. The molecule has 0 aliphatic heterocycles. The largest absolute Gasteiger partial charge is 0.494 e. The number of carbonyl (C=O) groups excluding carboxylic acids is 1. The SMILES string of the molecule is CCOc1ccc(S(=O)(=O)N(CC)CC(=O)Nc2cccc([N+](=O)[O-])c2C)cc1C. The number of nitro groups is 1. The van der Waals surface area contributed by atoms with Crippen LogP contribution in [0.1, 0.15) is 25.0 Å². The summed E-state index contributed by atoms with van der Waals surface area (Å²) in [6, 6.07) is 8.86. The topological polar surface area (TPSA) is 119 Å². The number of hydrogen-bond acceptors (Lipinski definition) is 6. The number of aryl methyl sites for hydroxylation is 1. The van der Waals surface area contributed by atoms with E-state index in [2.05, 4.69) is 5.32 Å². The first-order valence-corrected chi connectivity index (χ1v) is 10.8. The third kappa shape index (κ3) is 5.14. The van der Waals surface area contributed by atoms with Crippen LogP contribution in [0.5, 0.6) is 5.75 Å². The second-order valence-corrected chi connectivity index (χ2v) is 8.48. The highest BCUT2D eigenvalue weighted by Gasteiger charge is 2.26. The maximum atomic E-state index is 13.0. The standard InChI is InChI=1S/C20H25N3O6S/c1-5-22(30(27,28)16-10-11-19(29-6-2)14(3)12-16)13-20(24)21-17-8-7-9-18(15(17)4)23(25)26/h7-12H,5-6,13H2,1-4H3,(H,21,24). The summed E-state index contributed by atoms with van der Waals surface area (Å²) in [5.74, 6) is 0.00469. The minimum atomic E-state index is -3.92. The minimum absolute atomic E-state index is 0.0598. The monoisotopic (exact) mass is 435 g/mol. The molecule has 10 heteroatoms. The van der Waals surface area contributed by atoms with Crippen molar-refractivity contribution in [2.75, 3.05) is 25.0 Å². The van der Waals surface area contributed by atoms with Crippen LogP contribution in [0.4, 0.5) is 11.4 Å². The van der Waals surface area contributed by atoms with E-state index in [4.69, 9.17) is 4.74 Å². The summed E-state index contributed by atoms with van der Waals surface area (Å²) in [4.78, 5) is 23.1. The number of nitrogens with one attached hydrogen (secondary N) is 1. The third-order valence-electron chi connectivity index (χ3n) is 4.53. The molecule has 0 fully saturated rings. The van der Waals surface area contributed by atoms with Crippen LogP contribution < -0.4 is 10.1 Å². The zero-order valence-electron chi connectivity index (χ0n) is 17.3. The van der Waals surface area contributed by atoms with Crippen LogP contribution in [-0.2, 0) is 14.8 Å². The van der Waals surface area contributed by atoms with Gasteiger partial charge in [0.2, 0.25) is 15.9 Å². The number of carbonyl (C=O) groups is 1. The van der Waals surface area contributed by atoms with E-state index in [1.807, 2.05) is 6.92 Å². The van der Waals surface area contributed by atoms with Crippen molar-refractivity contribution in [2.24, 2.45) is 0 Å². The van der Waals surface area contributed by atoms with Crippen LogP contribution in [0.15, 0.2) is 41.3 Å². The lowest BCUT2D eigenvalue weighted by molar-refractivity contribution is -0.385. The number of rotatable bonds is 9. The van der Waals surface area contributed by atoms with Gasteiger partial charge in [-0.3, -0.25) is 14.9 Å². The van der Waals surface area contributed by atoms with E-state index in [9.17, 15) is 23.3 Å². The van der Waals surface area contributed by atoms with Gasteiger partial charge in [-0.25, -0.2) is 8.42 Å². The first kappa shape index (κ1) is 23.3. The van der Waals surface area contributed by atoms with Gasteiger partial charge in [-0.05, 0) is 50.6 Å². The number of amides is 1. The average molecular weight is 436 g/mol. The van der Waals surface area contributed by atoms with E-state index in [0.717, 1.165) is 4.31 Å². The fourth-order valence-corrected chi connectivity index (χ4v) is 4.41. The van der Waals surface area contributed by atoms with Gasteiger partial charge in [-0.15, -0.1) is 0 Å². The molecule has 9 nitrogen and oxygen atoms in total. The number of likely N-dealkylation sites (N-methyl/N-ethyl adjacent to an activating group) is 1. The van der Waals surface area contributed by atoms with Crippen molar-refractivity contribution in [1.29, 1.82) is 0 Å². The van der Waals surface area contributed by atoms with Gasteiger partial charge >= 0.3 is 0 Å². The number of ether oxygens (including phenoxy) is 1. The van der Waals surface area contributed by atoms with Crippen LogP contribution in [0.25, 0.3) is 0 Å². The Morgan fingerprint density at radius 3 is 2.47 bits per heavy atom. The molecule has 1 amide bonds. The van der Waals surface area contributed by atoms with Crippen molar-refractivity contribution >= 4 is 27.3 Å². The highest BCUT2D eigenvalue weighted by atomic mass is 32.2. The predicted octanol–water partition coefficient (Wildman–Crippen LogP) is 3.26. The van der Waals surface area contributed by atoms with Crippen molar-refractivity contribution in [3.05, 3.63) is 57.6 Å². The Hall–Kier alpha value is -2.98. The third-order valence-corrected chi connectivity index (χ3v) is 6.45. The van der Waals surface area contributed by atoms with Crippen molar-refractivity contribution in [1.82, 2.24) is 4.31 Å². The van der Waals surface area contributed by atoms with Gasteiger partial charge in [0.15, 0.2) is 0 Å². The Kier molecular flexibility index (Phi) is 7.52. The summed E-state index contributed by atoms with van der Waals surface area (Å²) in [5.41, 5.74) is 1.10. The number of sulfonamides is 1. The summed E-state index contributed by atoms with van der Waals surface area (Å²) in [6.07, 6.45) is 0. The molecule has 0 aromatic heterocycles. The fourth-order valence-electron chi connectivity index (χ4n) is 2.92. The van der Waals surface area contributed by atoms with E-state index >= 15 is 0 Å². The van der Waals surface area contributed by atoms with Crippen molar-refractivity contribution in [3.8, 4) is 5.75 Å². The average Bonchev–Trinajstić information content (AvgIpc) is 2.69. The molecule has 0 bridgehead atoms. The highest BCUT2D eigenvalue weighted by Crippen LogP contribution is 2.26. The molecule has 30 heavy (non-hydrogen) atoms. The van der Waals surface area contributed by atoms with Crippen molar-refractivity contribution < 1.29 is 22.9 Å². The van der Waals surface area contributed by atoms with Crippen LogP contribution in [0.2, 0.25) is 0 Å². The Morgan fingerprint density at radius 2 is 1.90 bits per heavy atom. The van der Waals surface area contributed by atoms with Gasteiger partial charge in [0.25, 0.3) is 5.69 Å². The molecule has 0 aliphatic rings. The Bertz CT molecular complexity index is 1050. The summed E-state index contributed by atoms with van der Waals surface area (Å²) in [7, 11) is -3.92. The summed E-state index contributed by atoms with van der Waals surface area (Å²) in [5, 5.41) is 13.6. The van der Waals surface area contributed by atoms with E-state index in [0.29, 0.717) is 23.5 Å². The van der Waals surface area contributed by atoms with E-state index < -0.39 is 27.4 Å². The van der Waals surface area contributed by atoms with Gasteiger partial charge < -0.3 is 10.1 Å². The second kappa shape index (κ2) is 9.68. The van der Waals surface area contributed by atoms with Gasteiger partial charge in [-0.1, -0.05) is 13.0 Å². The Morgan fingerprint density at radius 1 is 1.20 bits per heavy atom.